The minimum Gasteiger partial charge on any atom is -0.497 e. The first-order chi connectivity index (χ1) is 9.19. The number of methoxy groups -OCH3 is 1. The van der Waals surface area contributed by atoms with E-state index in [9.17, 15) is 4.79 Å². The minimum absolute atomic E-state index is 0.268. The van der Waals surface area contributed by atoms with E-state index in [1.165, 1.54) is 5.56 Å². The van der Waals surface area contributed by atoms with Crippen molar-refractivity contribution in [1.82, 2.24) is 4.90 Å². The van der Waals surface area contributed by atoms with Crippen molar-refractivity contribution in [3.05, 3.63) is 29.8 Å². The predicted octanol–water partition coefficient (Wildman–Crippen LogP) is 2.35. The lowest BCUT2D eigenvalue weighted by molar-refractivity contribution is -0.137. The first-order valence-corrected chi connectivity index (χ1v) is 6.77. The molecule has 0 aromatic heterocycles. The number of carboxylic acids is 1. The molecule has 4 nitrogen and oxygen atoms in total. The Morgan fingerprint density at radius 3 is 2.79 bits per heavy atom. The fourth-order valence-corrected chi connectivity index (χ4v) is 2.64. The van der Waals surface area contributed by atoms with Gasteiger partial charge in [0.05, 0.1) is 7.11 Å². The quantitative estimate of drug-likeness (QED) is 0.856. The monoisotopic (exact) mass is 263 g/mol. The molecule has 4 heteroatoms. The van der Waals surface area contributed by atoms with E-state index < -0.39 is 5.97 Å². The number of ether oxygens (including phenoxy) is 1. The molecule has 0 aliphatic carbocycles. The van der Waals surface area contributed by atoms with Crippen LogP contribution < -0.4 is 4.74 Å². The molecule has 1 heterocycles. The van der Waals surface area contributed by atoms with Gasteiger partial charge in [-0.15, -0.1) is 0 Å². The van der Waals surface area contributed by atoms with Crippen molar-refractivity contribution < 1.29 is 14.6 Å². The lowest BCUT2D eigenvalue weighted by Crippen LogP contribution is -2.22. The average Bonchev–Trinajstić information content (AvgIpc) is 2.87. The zero-order valence-electron chi connectivity index (χ0n) is 11.3. The zero-order valence-corrected chi connectivity index (χ0v) is 11.3. The summed E-state index contributed by atoms with van der Waals surface area (Å²) in [6.45, 7) is 2.99. The van der Waals surface area contributed by atoms with Crippen molar-refractivity contribution in [1.29, 1.82) is 0 Å². The fraction of sp³-hybridized carbons (Fsp3) is 0.533. The lowest BCUT2D eigenvalue weighted by Gasteiger charge is -2.15. The number of carbonyl (C=O) groups is 1. The molecule has 0 saturated carbocycles. The molecular formula is C15H21NO3. The van der Waals surface area contributed by atoms with Gasteiger partial charge in [0.2, 0.25) is 0 Å². The summed E-state index contributed by atoms with van der Waals surface area (Å²) in [6.07, 6.45) is 2.16. The fourth-order valence-electron chi connectivity index (χ4n) is 2.64. The maximum Gasteiger partial charge on any atom is 0.303 e. The third-order valence-corrected chi connectivity index (χ3v) is 3.72. The van der Waals surface area contributed by atoms with E-state index in [1.54, 1.807) is 7.11 Å². The lowest BCUT2D eigenvalue weighted by atomic mass is 9.98. The van der Waals surface area contributed by atoms with Gasteiger partial charge in [0.1, 0.15) is 5.75 Å². The van der Waals surface area contributed by atoms with E-state index >= 15 is 0 Å². The first-order valence-electron chi connectivity index (χ1n) is 6.77. The maximum atomic E-state index is 10.5. The molecular weight excluding hydrogens is 242 g/mol. The van der Waals surface area contributed by atoms with Crippen LogP contribution in [0.2, 0.25) is 0 Å². The summed E-state index contributed by atoms with van der Waals surface area (Å²) in [7, 11) is 1.68. The van der Waals surface area contributed by atoms with Gasteiger partial charge >= 0.3 is 5.97 Å². The highest BCUT2D eigenvalue weighted by molar-refractivity contribution is 5.66. The molecule has 0 unspecified atom stereocenters. The van der Waals surface area contributed by atoms with E-state index in [4.69, 9.17) is 9.84 Å². The Kier molecular flexibility index (Phi) is 4.80. The van der Waals surface area contributed by atoms with Crippen LogP contribution in [0.25, 0.3) is 0 Å². The number of rotatable bonds is 6. The summed E-state index contributed by atoms with van der Waals surface area (Å²) in [5.74, 6) is 0.752. The standard InChI is InChI=1S/C15H21NO3/c1-19-14-6-4-12(5-7-14)13-8-10-16(11-13)9-2-3-15(17)18/h4-7,13H,2-3,8-11H2,1H3,(H,17,18)/t13-/m1/s1. The Labute approximate surface area is 114 Å². The van der Waals surface area contributed by atoms with Gasteiger partial charge in [-0.3, -0.25) is 4.79 Å². The van der Waals surface area contributed by atoms with Gasteiger partial charge in [0, 0.05) is 13.0 Å². The molecule has 1 aromatic rings. The number of likely N-dealkylation sites (tertiary alicyclic amines) is 1. The van der Waals surface area contributed by atoms with Gasteiger partial charge in [0.15, 0.2) is 0 Å². The van der Waals surface area contributed by atoms with Gasteiger partial charge in [-0.25, -0.2) is 0 Å². The van der Waals surface area contributed by atoms with Gasteiger partial charge in [0.25, 0.3) is 0 Å². The van der Waals surface area contributed by atoms with Crippen LogP contribution in [-0.4, -0.2) is 42.7 Å². The van der Waals surface area contributed by atoms with Crippen molar-refractivity contribution in [2.24, 2.45) is 0 Å². The molecule has 1 aromatic carbocycles. The minimum atomic E-state index is -0.703. The van der Waals surface area contributed by atoms with Crippen LogP contribution in [-0.2, 0) is 4.79 Å². The highest BCUT2D eigenvalue weighted by atomic mass is 16.5. The molecule has 19 heavy (non-hydrogen) atoms. The van der Waals surface area contributed by atoms with Crippen molar-refractivity contribution in [3.8, 4) is 5.75 Å². The van der Waals surface area contributed by atoms with Crippen LogP contribution in [0, 0.1) is 0 Å². The predicted molar refractivity (Wildman–Crippen MR) is 73.7 cm³/mol. The van der Waals surface area contributed by atoms with E-state index in [0.717, 1.165) is 38.2 Å². The smallest absolute Gasteiger partial charge is 0.303 e. The summed E-state index contributed by atoms with van der Waals surface area (Å²) in [5, 5.41) is 8.64. The number of hydrogen-bond donors (Lipinski definition) is 1. The second kappa shape index (κ2) is 6.57. The molecule has 1 aliphatic rings. The number of carboxylic acid groups (broad SMARTS) is 1. The molecule has 1 atom stereocenters. The Hall–Kier alpha value is -1.55. The molecule has 104 valence electrons. The SMILES string of the molecule is COc1ccc([C@@H]2CCN(CCCC(=O)O)C2)cc1. The zero-order chi connectivity index (χ0) is 13.7. The van der Waals surface area contributed by atoms with Crippen molar-refractivity contribution in [3.63, 3.8) is 0 Å². The normalized spacial score (nSPS) is 19.5. The summed E-state index contributed by atoms with van der Waals surface area (Å²) in [5.41, 5.74) is 1.35. The second-order valence-corrected chi connectivity index (χ2v) is 5.06. The maximum absolute atomic E-state index is 10.5. The van der Waals surface area contributed by atoms with E-state index in [0.29, 0.717) is 5.92 Å². The van der Waals surface area contributed by atoms with Crippen molar-refractivity contribution in [2.75, 3.05) is 26.7 Å². The van der Waals surface area contributed by atoms with Gasteiger partial charge in [-0.1, -0.05) is 12.1 Å². The Morgan fingerprint density at radius 2 is 2.16 bits per heavy atom. The largest absolute Gasteiger partial charge is 0.497 e. The van der Waals surface area contributed by atoms with E-state index in [1.807, 2.05) is 12.1 Å². The van der Waals surface area contributed by atoms with Crippen molar-refractivity contribution in [2.45, 2.75) is 25.2 Å². The summed E-state index contributed by atoms with van der Waals surface area (Å²) in [6, 6.07) is 8.26. The van der Waals surface area contributed by atoms with Crippen LogP contribution in [0.5, 0.6) is 5.75 Å². The first kappa shape index (κ1) is 13.9. The summed E-state index contributed by atoms with van der Waals surface area (Å²) in [4.78, 5) is 12.8. The summed E-state index contributed by atoms with van der Waals surface area (Å²) >= 11 is 0. The molecule has 1 fully saturated rings. The third kappa shape index (κ3) is 3.96. The molecule has 0 bridgehead atoms. The molecule has 1 aliphatic heterocycles. The molecule has 2 rings (SSSR count). The highest BCUT2D eigenvalue weighted by Gasteiger charge is 2.23. The number of aliphatic carboxylic acids is 1. The molecule has 0 amide bonds. The van der Waals surface area contributed by atoms with Gasteiger partial charge in [-0.2, -0.15) is 0 Å². The van der Waals surface area contributed by atoms with Gasteiger partial charge < -0.3 is 14.7 Å². The third-order valence-electron chi connectivity index (χ3n) is 3.72. The number of nitrogens with zero attached hydrogens (tertiary/aromatic N) is 1. The Bertz CT molecular complexity index is 416. The summed E-state index contributed by atoms with van der Waals surface area (Å²) < 4.78 is 5.16. The van der Waals surface area contributed by atoms with E-state index in [2.05, 4.69) is 17.0 Å². The van der Waals surface area contributed by atoms with Crippen LogP contribution in [0.1, 0.15) is 30.7 Å². The van der Waals surface area contributed by atoms with Crippen LogP contribution in [0.15, 0.2) is 24.3 Å². The topological polar surface area (TPSA) is 49.8 Å². The molecule has 1 saturated heterocycles. The van der Waals surface area contributed by atoms with Crippen LogP contribution >= 0.6 is 0 Å². The second-order valence-electron chi connectivity index (χ2n) is 5.06. The average molecular weight is 263 g/mol. The Balaban J connectivity index is 1.81. The highest BCUT2D eigenvalue weighted by Crippen LogP contribution is 2.28. The number of hydrogen-bond acceptors (Lipinski definition) is 3. The van der Waals surface area contributed by atoms with Crippen LogP contribution in [0.3, 0.4) is 0 Å². The van der Waals surface area contributed by atoms with Crippen molar-refractivity contribution >= 4 is 5.97 Å². The molecule has 0 radical (unpaired) electrons. The van der Waals surface area contributed by atoms with Gasteiger partial charge in [-0.05, 0) is 49.5 Å². The van der Waals surface area contributed by atoms with E-state index in [-0.39, 0.29) is 6.42 Å². The number of benzene rings is 1. The molecule has 0 spiro atoms. The Morgan fingerprint density at radius 1 is 1.42 bits per heavy atom. The molecule has 1 N–H and O–H groups in total. The van der Waals surface area contributed by atoms with Crippen LogP contribution in [0.4, 0.5) is 0 Å².